The second-order valence-electron chi connectivity index (χ2n) is 12.5. The van der Waals surface area contributed by atoms with Crippen LogP contribution in [0.1, 0.15) is 81.0 Å². The van der Waals surface area contributed by atoms with Gasteiger partial charge in [0.05, 0.1) is 52.3 Å². The molecule has 1 heterocycles. The SMILES string of the molecule is CCCCC[C@@H](C(=O)NCNC(=O)c1ccc(-c2ccc(CC(=O)N[C@@H](CC(=O)OC)C(=O)OC)c(OCC)c2)o1)[C@@H](CC)N(C=O)OCc1ccccc1. The van der Waals surface area contributed by atoms with Gasteiger partial charge in [0.2, 0.25) is 18.2 Å². The highest BCUT2D eigenvalue weighted by atomic mass is 16.7. The topological polar surface area (TPSA) is 192 Å². The molecule has 55 heavy (non-hydrogen) atoms. The van der Waals surface area contributed by atoms with Crippen molar-refractivity contribution in [3.05, 3.63) is 77.6 Å². The standard InChI is InChI=1S/C40H52N4O11/c1-6-9-11-16-30(32(7-2)44(26-45)54-24-27-14-12-10-13-15-27)38(48)41-25-42-39(49)34-20-19-33(55-34)28-17-18-29(35(21-28)53-8-3)22-36(46)43-31(40(50)52-5)23-37(47)51-4/h10,12-15,17-21,26,30-32H,6-9,11,16,22-25H2,1-5H3,(H,41,48)(H,42,49)(H,43,46)/t30-,31+,32-/m1/s1. The van der Waals surface area contributed by atoms with Crippen molar-refractivity contribution in [2.75, 3.05) is 27.5 Å². The average Bonchev–Trinajstić information content (AvgIpc) is 3.70. The number of hydrogen-bond acceptors (Lipinski definition) is 11. The van der Waals surface area contributed by atoms with E-state index in [2.05, 4.69) is 27.6 Å². The Balaban J connectivity index is 1.65. The number of amides is 4. The number of furan rings is 1. The van der Waals surface area contributed by atoms with Gasteiger partial charge in [-0.2, -0.15) is 0 Å². The summed E-state index contributed by atoms with van der Waals surface area (Å²) in [5, 5.41) is 9.16. The Morgan fingerprint density at radius 2 is 1.67 bits per heavy atom. The highest BCUT2D eigenvalue weighted by Gasteiger charge is 2.32. The summed E-state index contributed by atoms with van der Waals surface area (Å²) < 4.78 is 20.9. The van der Waals surface area contributed by atoms with E-state index in [0.29, 0.717) is 41.9 Å². The molecule has 0 aliphatic rings. The second kappa shape index (κ2) is 23.2. The third kappa shape index (κ3) is 13.6. The van der Waals surface area contributed by atoms with E-state index in [1.165, 1.54) is 18.2 Å². The number of unbranched alkanes of at least 4 members (excludes halogenated alkanes) is 2. The number of nitrogens with zero attached hydrogens (tertiary/aromatic N) is 1. The molecule has 0 aliphatic carbocycles. The molecule has 0 saturated heterocycles. The van der Waals surface area contributed by atoms with Crippen LogP contribution in [0.2, 0.25) is 0 Å². The van der Waals surface area contributed by atoms with Gasteiger partial charge in [0.15, 0.2) is 5.76 Å². The fraction of sp³-hybridized carbons (Fsp3) is 0.450. The number of hydroxylamine groups is 2. The number of esters is 2. The summed E-state index contributed by atoms with van der Waals surface area (Å²) in [6.07, 6.45) is 3.71. The van der Waals surface area contributed by atoms with Crippen molar-refractivity contribution in [2.24, 2.45) is 5.92 Å². The first-order valence-electron chi connectivity index (χ1n) is 18.3. The molecule has 0 radical (unpaired) electrons. The van der Waals surface area contributed by atoms with Crippen molar-refractivity contribution in [3.63, 3.8) is 0 Å². The molecule has 0 saturated carbocycles. The third-order valence-electron chi connectivity index (χ3n) is 8.76. The molecule has 0 aliphatic heterocycles. The van der Waals surface area contributed by atoms with Gasteiger partial charge in [-0.15, -0.1) is 0 Å². The number of ether oxygens (including phenoxy) is 3. The lowest BCUT2D eigenvalue weighted by Gasteiger charge is -2.32. The van der Waals surface area contributed by atoms with Crippen LogP contribution in [-0.4, -0.2) is 80.7 Å². The minimum atomic E-state index is -1.22. The van der Waals surface area contributed by atoms with E-state index < -0.39 is 48.2 Å². The lowest BCUT2D eigenvalue weighted by atomic mass is 9.90. The minimum Gasteiger partial charge on any atom is -0.494 e. The molecular formula is C40H52N4O11. The number of nitrogens with one attached hydrogen (secondary N) is 3. The molecule has 3 rings (SSSR count). The fourth-order valence-corrected chi connectivity index (χ4v) is 5.87. The molecule has 15 nitrogen and oxygen atoms in total. The largest absolute Gasteiger partial charge is 0.494 e. The maximum Gasteiger partial charge on any atom is 0.328 e. The van der Waals surface area contributed by atoms with Crippen LogP contribution >= 0.6 is 0 Å². The van der Waals surface area contributed by atoms with Crippen LogP contribution in [-0.2, 0) is 51.3 Å². The van der Waals surface area contributed by atoms with Crippen LogP contribution in [0.4, 0.5) is 0 Å². The van der Waals surface area contributed by atoms with Gasteiger partial charge in [0, 0.05) is 11.1 Å². The number of benzene rings is 2. The normalized spacial score (nSPS) is 12.4. The predicted molar refractivity (Wildman–Crippen MR) is 201 cm³/mol. The van der Waals surface area contributed by atoms with Crippen molar-refractivity contribution in [1.82, 2.24) is 21.0 Å². The van der Waals surface area contributed by atoms with Crippen molar-refractivity contribution in [3.8, 4) is 17.1 Å². The van der Waals surface area contributed by atoms with Crippen molar-refractivity contribution in [1.29, 1.82) is 0 Å². The second-order valence-corrected chi connectivity index (χ2v) is 12.5. The molecule has 0 spiro atoms. The quantitative estimate of drug-likeness (QED) is 0.0383. The van der Waals surface area contributed by atoms with Crippen LogP contribution in [0, 0.1) is 5.92 Å². The van der Waals surface area contributed by atoms with E-state index in [4.69, 9.17) is 18.7 Å². The van der Waals surface area contributed by atoms with E-state index >= 15 is 0 Å². The molecule has 298 valence electrons. The van der Waals surface area contributed by atoms with Crippen LogP contribution in [0.15, 0.2) is 65.1 Å². The van der Waals surface area contributed by atoms with Crippen LogP contribution < -0.4 is 20.7 Å². The zero-order valence-electron chi connectivity index (χ0n) is 32.1. The average molecular weight is 765 g/mol. The Labute approximate surface area is 321 Å². The molecule has 2 aromatic carbocycles. The van der Waals surface area contributed by atoms with Gasteiger partial charge < -0.3 is 34.6 Å². The van der Waals surface area contributed by atoms with Gasteiger partial charge in [-0.3, -0.25) is 28.8 Å². The first-order chi connectivity index (χ1) is 26.6. The summed E-state index contributed by atoms with van der Waals surface area (Å²) in [5.41, 5.74) is 1.95. The number of carbonyl (C=O) groups excluding carboxylic acids is 6. The van der Waals surface area contributed by atoms with Gasteiger partial charge in [-0.1, -0.05) is 75.6 Å². The molecule has 3 atom stereocenters. The summed E-state index contributed by atoms with van der Waals surface area (Å²) >= 11 is 0. The predicted octanol–water partition coefficient (Wildman–Crippen LogP) is 4.48. The Hall–Kier alpha value is -5.70. The van der Waals surface area contributed by atoms with Gasteiger partial charge in [0.25, 0.3) is 5.91 Å². The van der Waals surface area contributed by atoms with Gasteiger partial charge in [-0.25, -0.2) is 9.86 Å². The Morgan fingerprint density at radius 1 is 0.909 bits per heavy atom. The summed E-state index contributed by atoms with van der Waals surface area (Å²) in [4.78, 5) is 81.2. The van der Waals surface area contributed by atoms with E-state index in [1.54, 1.807) is 31.2 Å². The highest BCUT2D eigenvalue weighted by Crippen LogP contribution is 2.30. The molecule has 3 N–H and O–H groups in total. The lowest BCUT2D eigenvalue weighted by Crippen LogP contribution is -2.48. The summed E-state index contributed by atoms with van der Waals surface area (Å²) in [6.45, 7) is 6.02. The third-order valence-corrected chi connectivity index (χ3v) is 8.76. The lowest BCUT2D eigenvalue weighted by molar-refractivity contribution is -0.200. The number of rotatable bonds is 24. The molecule has 3 aromatic rings. The molecule has 4 amide bonds. The maximum absolute atomic E-state index is 13.5. The van der Waals surface area contributed by atoms with E-state index in [-0.39, 0.29) is 38.0 Å². The Morgan fingerprint density at radius 3 is 2.33 bits per heavy atom. The number of methoxy groups -OCH3 is 2. The molecule has 0 bridgehead atoms. The Kier molecular flexibility index (Phi) is 18.4. The van der Waals surface area contributed by atoms with Crippen LogP contribution in [0.25, 0.3) is 11.3 Å². The molecule has 1 aromatic heterocycles. The van der Waals surface area contributed by atoms with E-state index in [0.717, 1.165) is 31.9 Å². The van der Waals surface area contributed by atoms with Crippen molar-refractivity contribution >= 4 is 36.1 Å². The van der Waals surface area contributed by atoms with Gasteiger partial charge >= 0.3 is 11.9 Å². The summed E-state index contributed by atoms with van der Waals surface area (Å²) in [6, 6.07) is 15.8. The summed E-state index contributed by atoms with van der Waals surface area (Å²) in [5.74, 6) is -2.76. The highest BCUT2D eigenvalue weighted by molar-refractivity contribution is 5.92. The number of hydrogen-bond donors (Lipinski definition) is 3. The fourth-order valence-electron chi connectivity index (χ4n) is 5.87. The number of carbonyl (C=O) groups is 6. The van der Waals surface area contributed by atoms with E-state index in [9.17, 15) is 28.8 Å². The molecule has 15 heteroatoms. The smallest absolute Gasteiger partial charge is 0.328 e. The minimum absolute atomic E-state index is 0.00232. The van der Waals surface area contributed by atoms with Crippen LogP contribution in [0.5, 0.6) is 5.75 Å². The maximum atomic E-state index is 13.5. The Bertz CT molecular complexity index is 1710. The van der Waals surface area contributed by atoms with Crippen molar-refractivity contribution in [2.45, 2.75) is 84.4 Å². The van der Waals surface area contributed by atoms with Crippen LogP contribution in [0.3, 0.4) is 0 Å². The molecular weight excluding hydrogens is 712 g/mol. The zero-order valence-corrected chi connectivity index (χ0v) is 32.1. The zero-order chi connectivity index (χ0) is 40.2. The van der Waals surface area contributed by atoms with Gasteiger partial charge in [-0.05, 0) is 43.5 Å². The van der Waals surface area contributed by atoms with Gasteiger partial charge in [0.1, 0.15) is 24.2 Å². The molecule has 0 fully saturated rings. The van der Waals surface area contributed by atoms with E-state index in [1.807, 2.05) is 37.3 Å². The first-order valence-corrected chi connectivity index (χ1v) is 18.3. The first kappa shape index (κ1) is 43.7. The van der Waals surface area contributed by atoms with Crippen molar-refractivity contribution < 1.29 is 52.2 Å². The molecule has 0 unspecified atom stereocenters. The monoisotopic (exact) mass is 764 g/mol. The summed E-state index contributed by atoms with van der Waals surface area (Å²) in [7, 11) is 2.32.